The number of fused-ring (bicyclic) bond motifs is 4. The highest BCUT2D eigenvalue weighted by molar-refractivity contribution is 8.04. The molecule has 0 amide bonds. The molecule has 0 bridgehead atoms. The molecule has 1 aromatic heterocycles. The van der Waals surface area contributed by atoms with Gasteiger partial charge in [0, 0.05) is 52.5 Å². The molecule has 3 aromatic carbocycles. The summed E-state index contributed by atoms with van der Waals surface area (Å²) >= 11 is 9.53. The van der Waals surface area contributed by atoms with E-state index in [4.69, 9.17) is 16.3 Å². The Morgan fingerprint density at radius 3 is 2.47 bits per heavy atom. The van der Waals surface area contributed by atoms with E-state index in [1.165, 1.54) is 23.4 Å². The van der Waals surface area contributed by atoms with Crippen molar-refractivity contribution in [2.45, 2.75) is 56.5 Å². The monoisotopic (exact) mass is 688 g/mol. The van der Waals surface area contributed by atoms with Crippen LogP contribution in [-0.4, -0.2) is 41.0 Å². The van der Waals surface area contributed by atoms with E-state index >= 15 is 0 Å². The van der Waals surface area contributed by atoms with E-state index in [2.05, 4.69) is 46.7 Å². The molecule has 3 heterocycles. The van der Waals surface area contributed by atoms with E-state index in [9.17, 15) is 14.7 Å². The number of halogens is 1. The van der Waals surface area contributed by atoms with Gasteiger partial charge in [0.25, 0.3) is 5.56 Å². The molecule has 0 unspecified atom stereocenters. The zero-order valence-corrected chi connectivity index (χ0v) is 29.3. The highest BCUT2D eigenvalue weighted by atomic mass is 35.5. The van der Waals surface area contributed by atoms with E-state index in [1.807, 2.05) is 50.3 Å². The Kier molecular flexibility index (Phi) is 9.96. The summed E-state index contributed by atoms with van der Waals surface area (Å²) in [6.07, 6.45) is 3.40. The number of thioether (sulfide) groups is 2. The number of nitrogens with zero attached hydrogens (tertiary/aromatic N) is 4. The zero-order valence-electron chi connectivity index (χ0n) is 26.9. The lowest BCUT2D eigenvalue weighted by Crippen LogP contribution is -2.42. The van der Waals surface area contributed by atoms with Crippen molar-refractivity contribution in [3.8, 4) is 5.88 Å². The second-order valence-corrected chi connectivity index (χ2v) is 13.7. The van der Waals surface area contributed by atoms with Crippen LogP contribution in [0.5, 0.6) is 5.88 Å². The van der Waals surface area contributed by atoms with Crippen LogP contribution in [0.1, 0.15) is 39.2 Å². The fraction of sp³-hybridized carbons (Fsp3) is 0.306. The minimum Gasteiger partial charge on any atom is -0.494 e. The van der Waals surface area contributed by atoms with Crippen LogP contribution in [0.3, 0.4) is 0 Å². The molecule has 244 valence electrons. The van der Waals surface area contributed by atoms with E-state index in [0.717, 1.165) is 53.0 Å². The minimum atomic E-state index is -0.585. The molecule has 47 heavy (non-hydrogen) atoms. The molecule has 0 spiro atoms. The standard InChI is InChI=1S/C36H37ClN4O4S2/c1-5-8-17-40-34(42)32(35(43)41(36(40)44)18-19-45-4)24(20-30-38(6-2)27-22-25(37)14-16-28(27)46-30)21-31-39(7-3)33-26-12-10-9-11-23(26)13-15-29(33)47-31/h9-16,21-22,42H,5-8,17-19H2,1-4H3. The van der Waals surface area contributed by atoms with Crippen molar-refractivity contribution in [3.05, 3.63) is 108 Å². The largest absolute Gasteiger partial charge is 0.494 e. The Balaban J connectivity index is 1.64. The van der Waals surface area contributed by atoms with Crippen LogP contribution in [0.2, 0.25) is 5.02 Å². The van der Waals surface area contributed by atoms with Gasteiger partial charge in [0.2, 0.25) is 5.88 Å². The third-order valence-electron chi connectivity index (χ3n) is 8.34. The Morgan fingerprint density at radius 2 is 1.72 bits per heavy atom. The van der Waals surface area contributed by atoms with Crippen LogP contribution >= 0.6 is 35.1 Å². The van der Waals surface area contributed by atoms with Crippen molar-refractivity contribution in [1.29, 1.82) is 0 Å². The lowest BCUT2D eigenvalue weighted by atomic mass is 10.1. The maximum absolute atomic E-state index is 14.3. The molecule has 8 nitrogen and oxygen atoms in total. The second-order valence-electron chi connectivity index (χ2n) is 11.2. The van der Waals surface area contributed by atoms with Crippen molar-refractivity contribution in [2.24, 2.45) is 0 Å². The van der Waals surface area contributed by atoms with Crippen LogP contribution < -0.4 is 21.0 Å². The first-order chi connectivity index (χ1) is 22.8. The molecule has 1 N–H and O–H groups in total. The molecule has 0 saturated carbocycles. The molecule has 6 rings (SSSR count). The number of allylic oxidation sites excluding steroid dienone is 2. The number of aromatic hydroxyl groups is 1. The van der Waals surface area contributed by atoms with Crippen molar-refractivity contribution >= 4 is 62.8 Å². The molecule has 0 atom stereocenters. The quantitative estimate of drug-likeness (QED) is 0.169. The summed E-state index contributed by atoms with van der Waals surface area (Å²) in [6, 6.07) is 18.3. The van der Waals surface area contributed by atoms with E-state index in [0.29, 0.717) is 30.1 Å². The minimum absolute atomic E-state index is 0.0277. The third-order valence-corrected chi connectivity index (χ3v) is 10.8. The Labute approximate surface area is 287 Å². The predicted octanol–water partition coefficient (Wildman–Crippen LogP) is 7.90. The summed E-state index contributed by atoms with van der Waals surface area (Å²) < 4.78 is 7.72. The van der Waals surface area contributed by atoms with E-state index in [1.54, 1.807) is 11.8 Å². The first-order valence-corrected chi connectivity index (χ1v) is 17.8. The van der Waals surface area contributed by atoms with E-state index < -0.39 is 11.2 Å². The topological polar surface area (TPSA) is 79.9 Å². The number of methoxy groups -OCH3 is 1. The van der Waals surface area contributed by atoms with Crippen molar-refractivity contribution in [1.82, 2.24) is 9.13 Å². The first-order valence-electron chi connectivity index (χ1n) is 15.8. The number of unbranched alkanes of at least 4 members (excludes halogenated alkanes) is 1. The van der Waals surface area contributed by atoms with Gasteiger partial charge in [0.05, 0.1) is 29.6 Å². The van der Waals surface area contributed by atoms with Crippen molar-refractivity contribution < 1.29 is 9.84 Å². The summed E-state index contributed by atoms with van der Waals surface area (Å²) in [7, 11) is 1.53. The first kappa shape index (κ1) is 33.1. The molecule has 2 aliphatic rings. The van der Waals surface area contributed by atoms with Gasteiger partial charge in [-0.1, -0.05) is 84.5 Å². The van der Waals surface area contributed by atoms with Crippen LogP contribution in [0, 0.1) is 0 Å². The van der Waals surface area contributed by atoms with Gasteiger partial charge >= 0.3 is 5.69 Å². The summed E-state index contributed by atoms with van der Waals surface area (Å²) in [5.41, 5.74) is 4.89. The molecular weight excluding hydrogens is 652 g/mol. The van der Waals surface area contributed by atoms with Gasteiger partial charge < -0.3 is 19.6 Å². The Morgan fingerprint density at radius 1 is 0.957 bits per heavy atom. The molecule has 0 aliphatic carbocycles. The van der Waals surface area contributed by atoms with Gasteiger partial charge in [0.15, 0.2) is 0 Å². The molecular formula is C36H37ClN4O4S2. The number of anilines is 2. The molecule has 11 heteroatoms. The lowest BCUT2D eigenvalue weighted by molar-refractivity contribution is 0.183. The van der Waals surface area contributed by atoms with Crippen molar-refractivity contribution in [3.63, 3.8) is 0 Å². The molecule has 0 fully saturated rings. The normalized spacial score (nSPS) is 14.7. The number of benzene rings is 3. The average Bonchev–Trinajstić information content (AvgIpc) is 3.61. The maximum atomic E-state index is 14.3. The summed E-state index contributed by atoms with van der Waals surface area (Å²) in [5, 5.41) is 16.3. The fourth-order valence-electron chi connectivity index (χ4n) is 5.99. The van der Waals surface area contributed by atoms with Crippen LogP contribution in [0.25, 0.3) is 16.3 Å². The lowest BCUT2D eigenvalue weighted by Gasteiger charge is -2.21. The smallest absolute Gasteiger partial charge is 0.333 e. The number of hydrogen-bond acceptors (Lipinski definition) is 8. The van der Waals surface area contributed by atoms with Gasteiger partial charge in [-0.3, -0.25) is 13.9 Å². The summed E-state index contributed by atoms with van der Waals surface area (Å²) in [6.45, 7) is 7.98. The highest BCUT2D eigenvalue weighted by Crippen LogP contribution is 2.51. The Hall–Kier alpha value is -3.79. The summed E-state index contributed by atoms with van der Waals surface area (Å²) in [5.74, 6) is -0.359. The van der Waals surface area contributed by atoms with Crippen LogP contribution in [0.15, 0.2) is 95.8 Å². The van der Waals surface area contributed by atoms with Gasteiger partial charge in [-0.2, -0.15) is 0 Å². The highest BCUT2D eigenvalue weighted by Gasteiger charge is 2.30. The van der Waals surface area contributed by atoms with Gasteiger partial charge in [-0.15, -0.1) is 0 Å². The average molecular weight is 689 g/mol. The maximum Gasteiger partial charge on any atom is 0.333 e. The van der Waals surface area contributed by atoms with Gasteiger partial charge in [-0.25, -0.2) is 4.79 Å². The molecule has 0 saturated heterocycles. The molecule has 2 aliphatic heterocycles. The number of ether oxygens (including phenoxy) is 1. The number of hydrogen-bond donors (Lipinski definition) is 1. The fourth-order valence-corrected chi connectivity index (χ4v) is 8.46. The third kappa shape index (κ3) is 6.17. The molecule has 4 aromatic rings. The second kappa shape index (κ2) is 14.1. The van der Waals surface area contributed by atoms with Gasteiger partial charge in [-0.05, 0) is 56.0 Å². The predicted molar refractivity (Wildman–Crippen MR) is 195 cm³/mol. The number of aromatic nitrogens is 2. The number of rotatable bonds is 10. The SMILES string of the molecule is CCCCn1c(O)c(C(=C=C2Sc3ccc(Cl)cc3N2CC)C=C2Sc3ccc4ccccc4c3N2CC)c(=O)n(CCOC)c1=O. The van der Waals surface area contributed by atoms with Crippen LogP contribution in [0.4, 0.5) is 11.4 Å². The Bertz CT molecular complexity index is 2080. The van der Waals surface area contributed by atoms with Crippen LogP contribution in [-0.2, 0) is 17.8 Å². The zero-order chi connectivity index (χ0) is 33.2. The van der Waals surface area contributed by atoms with Gasteiger partial charge in [0.1, 0.15) is 10.6 Å². The van der Waals surface area contributed by atoms with Crippen molar-refractivity contribution in [2.75, 3.05) is 36.6 Å². The van der Waals surface area contributed by atoms with E-state index in [-0.39, 0.29) is 31.1 Å². The summed E-state index contributed by atoms with van der Waals surface area (Å²) in [4.78, 5) is 34.3. The molecule has 0 radical (unpaired) electrons.